The van der Waals surface area contributed by atoms with Crippen LogP contribution in [0.25, 0.3) is 16.6 Å². The highest BCUT2D eigenvalue weighted by Gasteiger charge is 2.26. The zero-order valence-electron chi connectivity index (χ0n) is 16.6. The summed E-state index contributed by atoms with van der Waals surface area (Å²) in [5.41, 5.74) is 9.12. The van der Waals surface area contributed by atoms with Crippen LogP contribution in [0.5, 0.6) is 0 Å². The summed E-state index contributed by atoms with van der Waals surface area (Å²) in [6.07, 6.45) is 1.67. The maximum atomic E-state index is 12.7. The Morgan fingerprint density at radius 1 is 1.14 bits per heavy atom. The van der Waals surface area contributed by atoms with Crippen molar-refractivity contribution >= 4 is 28.5 Å². The molecule has 0 aliphatic carbocycles. The van der Waals surface area contributed by atoms with Crippen molar-refractivity contribution in [3.8, 4) is 0 Å². The van der Waals surface area contributed by atoms with Gasteiger partial charge in [-0.3, -0.25) is 5.10 Å². The molecule has 7 nitrogen and oxygen atoms in total. The lowest BCUT2D eigenvalue weighted by molar-refractivity contribution is -0.146. The van der Waals surface area contributed by atoms with Crippen LogP contribution in [0.4, 0.5) is 0 Å². The van der Waals surface area contributed by atoms with Gasteiger partial charge in [0.05, 0.1) is 24.5 Å². The average molecular weight is 393 g/mol. The Morgan fingerprint density at radius 2 is 1.86 bits per heavy atom. The van der Waals surface area contributed by atoms with E-state index in [4.69, 9.17) is 15.2 Å². The number of nitrogens with two attached hydrogens (primary N) is 1. The van der Waals surface area contributed by atoms with E-state index in [0.717, 1.165) is 22.0 Å². The summed E-state index contributed by atoms with van der Waals surface area (Å²) in [5, 5.41) is 7.87. The summed E-state index contributed by atoms with van der Waals surface area (Å²) in [6.45, 7) is 4.09. The monoisotopic (exact) mass is 393 g/mol. The largest absolute Gasteiger partial charge is 0.465 e. The number of hydrogen-bond donors (Lipinski definition) is 2. The normalized spacial score (nSPS) is 12.0. The third-order valence-corrected chi connectivity index (χ3v) is 4.59. The van der Waals surface area contributed by atoms with Crippen molar-refractivity contribution in [2.45, 2.75) is 26.4 Å². The van der Waals surface area contributed by atoms with Gasteiger partial charge in [-0.25, -0.2) is 9.59 Å². The molecule has 7 heteroatoms. The number of nitrogens with zero attached hydrogens (tertiary/aromatic N) is 1. The molecule has 0 saturated heterocycles. The first-order chi connectivity index (χ1) is 13.9. The average Bonchev–Trinajstić information content (AvgIpc) is 3.20. The van der Waals surface area contributed by atoms with Crippen molar-refractivity contribution in [1.29, 1.82) is 0 Å². The topological polar surface area (TPSA) is 107 Å². The summed E-state index contributed by atoms with van der Waals surface area (Å²) in [5.74, 6) is -1.51. The van der Waals surface area contributed by atoms with E-state index in [-0.39, 0.29) is 23.8 Å². The van der Waals surface area contributed by atoms with Gasteiger partial charge in [0, 0.05) is 5.39 Å². The molecular formula is C22H23N3O4. The number of nitrogens with one attached hydrogen (secondary N) is 1. The van der Waals surface area contributed by atoms with E-state index in [1.165, 1.54) is 7.11 Å². The zero-order valence-corrected chi connectivity index (χ0v) is 16.6. The Bertz CT molecular complexity index is 1070. The lowest BCUT2D eigenvalue weighted by Gasteiger charge is -2.13. The SMILES string of the molecule is COC(=O)C(C(=O)OCc1ccccc1)=C(N)c1cc(C(C)C)c2[nH]ncc2c1. The number of H-pyrrole nitrogens is 1. The molecule has 0 atom stereocenters. The highest BCUT2D eigenvalue weighted by Crippen LogP contribution is 2.28. The summed E-state index contributed by atoms with van der Waals surface area (Å²) in [4.78, 5) is 25.0. The number of aromatic nitrogens is 2. The van der Waals surface area contributed by atoms with Crippen molar-refractivity contribution in [1.82, 2.24) is 10.2 Å². The summed E-state index contributed by atoms with van der Waals surface area (Å²) < 4.78 is 10.1. The van der Waals surface area contributed by atoms with Gasteiger partial charge in [-0.15, -0.1) is 0 Å². The van der Waals surface area contributed by atoms with Gasteiger partial charge in [0.15, 0.2) is 5.57 Å². The van der Waals surface area contributed by atoms with Gasteiger partial charge >= 0.3 is 11.9 Å². The van der Waals surface area contributed by atoms with Gasteiger partial charge in [-0.05, 0) is 34.7 Å². The molecule has 0 unspecified atom stereocenters. The lowest BCUT2D eigenvalue weighted by Crippen LogP contribution is -2.21. The molecule has 1 heterocycles. The first-order valence-electron chi connectivity index (χ1n) is 9.18. The molecule has 1 aromatic heterocycles. The molecule has 0 bridgehead atoms. The van der Waals surface area contributed by atoms with Crippen LogP contribution in [0.1, 0.15) is 36.5 Å². The lowest BCUT2D eigenvalue weighted by atomic mass is 9.95. The van der Waals surface area contributed by atoms with Gasteiger partial charge in [0.2, 0.25) is 0 Å². The predicted molar refractivity (Wildman–Crippen MR) is 110 cm³/mol. The molecule has 150 valence electrons. The Morgan fingerprint density at radius 3 is 2.52 bits per heavy atom. The van der Waals surface area contributed by atoms with Crippen molar-refractivity contribution in [2.75, 3.05) is 7.11 Å². The number of fused-ring (bicyclic) bond motifs is 1. The second kappa shape index (κ2) is 8.60. The maximum absolute atomic E-state index is 12.7. The number of benzene rings is 2. The first-order valence-corrected chi connectivity index (χ1v) is 9.18. The number of carbonyl (C=O) groups excluding carboxylic acids is 2. The summed E-state index contributed by atoms with van der Waals surface area (Å²) in [7, 11) is 1.19. The van der Waals surface area contributed by atoms with Crippen LogP contribution < -0.4 is 5.73 Å². The smallest absolute Gasteiger partial charge is 0.348 e. The maximum Gasteiger partial charge on any atom is 0.348 e. The fourth-order valence-corrected chi connectivity index (χ4v) is 3.04. The second-order valence-corrected chi connectivity index (χ2v) is 6.90. The van der Waals surface area contributed by atoms with E-state index in [2.05, 4.69) is 10.2 Å². The number of aromatic amines is 1. The fourth-order valence-electron chi connectivity index (χ4n) is 3.04. The van der Waals surface area contributed by atoms with E-state index in [1.54, 1.807) is 12.3 Å². The Balaban J connectivity index is 2.01. The zero-order chi connectivity index (χ0) is 21.0. The molecule has 0 saturated carbocycles. The van der Waals surface area contributed by atoms with Crippen LogP contribution in [0, 0.1) is 0 Å². The third kappa shape index (κ3) is 4.29. The van der Waals surface area contributed by atoms with Crippen molar-refractivity contribution < 1.29 is 19.1 Å². The Hall–Kier alpha value is -3.61. The molecule has 0 fully saturated rings. The predicted octanol–water partition coefficient (Wildman–Crippen LogP) is 3.27. The molecule has 3 N–H and O–H groups in total. The quantitative estimate of drug-likeness (QED) is 0.288. The molecule has 0 radical (unpaired) electrons. The fraction of sp³-hybridized carbons (Fsp3) is 0.227. The van der Waals surface area contributed by atoms with Crippen molar-refractivity contribution in [3.05, 3.63) is 70.9 Å². The van der Waals surface area contributed by atoms with Crippen LogP contribution in [0.15, 0.2) is 54.2 Å². The van der Waals surface area contributed by atoms with Gasteiger partial charge in [-0.1, -0.05) is 44.2 Å². The number of carbonyl (C=O) groups is 2. The molecular weight excluding hydrogens is 370 g/mol. The van der Waals surface area contributed by atoms with Crippen LogP contribution >= 0.6 is 0 Å². The second-order valence-electron chi connectivity index (χ2n) is 6.90. The number of hydrogen-bond acceptors (Lipinski definition) is 6. The van der Waals surface area contributed by atoms with E-state index in [9.17, 15) is 9.59 Å². The first kappa shape index (κ1) is 20.1. The van der Waals surface area contributed by atoms with E-state index in [1.807, 2.05) is 50.2 Å². The van der Waals surface area contributed by atoms with Crippen LogP contribution in [-0.4, -0.2) is 29.2 Å². The minimum Gasteiger partial charge on any atom is -0.465 e. The third-order valence-electron chi connectivity index (χ3n) is 4.59. The standard InChI is InChI=1S/C22H23N3O4/c1-13(2)17-10-15(9-16-11-24-25-20(16)17)19(23)18(21(26)28-3)22(27)29-12-14-7-5-4-6-8-14/h4-11,13H,12,23H2,1-3H3,(H,24,25). The molecule has 3 rings (SSSR count). The van der Waals surface area contributed by atoms with Crippen molar-refractivity contribution in [3.63, 3.8) is 0 Å². The molecule has 0 aliphatic heterocycles. The highest BCUT2D eigenvalue weighted by molar-refractivity contribution is 6.19. The van der Waals surface area contributed by atoms with Gasteiger partial charge in [-0.2, -0.15) is 5.10 Å². The van der Waals surface area contributed by atoms with Crippen LogP contribution in [0.2, 0.25) is 0 Å². The molecule has 29 heavy (non-hydrogen) atoms. The summed E-state index contributed by atoms with van der Waals surface area (Å²) in [6, 6.07) is 12.8. The van der Waals surface area contributed by atoms with Crippen LogP contribution in [0.3, 0.4) is 0 Å². The van der Waals surface area contributed by atoms with E-state index < -0.39 is 11.9 Å². The minimum atomic E-state index is -0.848. The highest BCUT2D eigenvalue weighted by atomic mass is 16.5. The van der Waals surface area contributed by atoms with E-state index >= 15 is 0 Å². The summed E-state index contributed by atoms with van der Waals surface area (Å²) >= 11 is 0. The number of rotatable bonds is 6. The van der Waals surface area contributed by atoms with Gasteiger partial charge < -0.3 is 15.2 Å². The minimum absolute atomic E-state index is 0.0000818. The number of esters is 2. The van der Waals surface area contributed by atoms with E-state index in [0.29, 0.717) is 5.56 Å². The molecule has 2 aromatic carbocycles. The Kier molecular flexibility index (Phi) is 5.97. The molecule has 3 aromatic rings. The van der Waals surface area contributed by atoms with Gasteiger partial charge in [0.25, 0.3) is 0 Å². The molecule has 0 amide bonds. The van der Waals surface area contributed by atoms with Crippen LogP contribution in [-0.2, 0) is 25.7 Å². The van der Waals surface area contributed by atoms with Gasteiger partial charge in [0.1, 0.15) is 6.61 Å². The molecule has 0 spiro atoms. The van der Waals surface area contributed by atoms with Crippen molar-refractivity contribution in [2.24, 2.45) is 5.73 Å². The Labute approximate surface area is 168 Å². The number of methoxy groups -OCH3 is 1. The molecule has 0 aliphatic rings. The number of ether oxygens (including phenoxy) is 2.